The van der Waals surface area contributed by atoms with Crippen molar-refractivity contribution in [3.63, 3.8) is 0 Å². The summed E-state index contributed by atoms with van der Waals surface area (Å²) in [6.45, 7) is -0.310. The van der Waals surface area contributed by atoms with Crippen LogP contribution in [0.15, 0.2) is 22.7 Å². The number of amides is 2. The highest BCUT2D eigenvalue weighted by Crippen LogP contribution is 2.26. The van der Waals surface area contributed by atoms with Crippen molar-refractivity contribution in [1.82, 2.24) is 5.32 Å². The van der Waals surface area contributed by atoms with E-state index in [9.17, 15) is 14.4 Å². The lowest BCUT2D eigenvalue weighted by Crippen LogP contribution is -2.34. The molecule has 0 saturated heterocycles. The molecule has 19 heavy (non-hydrogen) atoms. The number of methoxy groups -OCH3 is 1. The first-order valence-electron chi connectivity index (χ1n) is 5.09. The van der Waals surface area contributed by atoms with Crippen LogP contribution >= 0.6 is 15.9 Å². The van der Waals surface area contributed by atoms with Gasteiger partial charge in [-0.05, 0) is 28.1 Å². The first kappa shape index (κ1) is 15.0. The maximum Gasteiger partial charge on any atom is 0.337 e. The molecule has 0 fully saturated rings. The standard InChI is InChI=1S/C11H11BrN2O5/c1-19-8(15)5-13-11(18)14-9-6(10(16)17)3-2-4-7(9)12/h2-4H,5H2,1H3,(H,16,17)(H2,13,14,18). The van der Waals surface area contributed by atoms with Gasteiger partial charge in [-0.1, -0.05) is 6.07 Å². The van der Waals surface area contributed by atoms with Gasteiger partial charge in [-0.15, -0.1) is 0 Å². The quantitative estimate of drug-likeness (QED) is 0.724. The fourth-order valence-electron chi connectivity index (χ4n) is 1.21. The number of benzene rings is 1. The van der Waals surface area contributed by atoms with Gasteiger partial charge in [0.2, 0.25) is 0 Å². The number of carbonyl (C=O) groups is 3. The van der Waals surface area contributed by atoms with E-state index >= 15 is 0 Å². The van der Waals surface area contributed by atoms with Crippen LogP contribution in [-0.2, 0) is 9.53 Å². The lowest BCUT2D eigenvalue weighted by molar-refractivity contribution is -0.139. The van der Waals surface area contributed by atoms with E-state index in [0.717, 1.165) is 0 Å². The topological polar surface area (TPSA) is 105 Å². The molecular weight excluding hydrogens is 320 g/mol. The molecule has 0 unspecified atom stereocenters. The Morgan fingerprint density at radius 2 is 2.05 bits per heavy atom. The highest BCUT2D eigenvalue weighted by atomic mass is 79.9. The molecular formula is C11H11BrN2O5. The van der Waals surface area contributed by atoms with Gasteiger partial charge in [-0.3, -0.25) is 4.79 Å². The van der Waals surface area contributed by atoms with Crippen molar-refractivity contribution in [3.8, 4) is 0 Å². The lowest BCUT2D eigenvalue weighted by atomic mass is 10.2. The van der Waals surface area contributed by atoms with Crippen LogP contribution in [0, 0.1) is 0 Å². The summed E-state index contributed by atoms with van der Waals surface area (Å²) in [5, 5.41) is 13.6. The zero-order chi connectivity index (χ0) is 14.4. The van der Waals surface area contributed by atoms with E-state index < -0.39 is 18.0 Å². The third kappa shape index (κ3) is 4.25. The second kappa shape index (κ2) is 6.74. The number of carboxylic acids is 1. The number of carbonyl (C=O) groups excluding carboxylic acids is 2. The molecule has 0 atom stereocenters. The van der Waals surface area contributed by atoms with Gasteiger partial charge < -0.3 is 20.5 Å². The Kier molecular flexibility index (Phi) is 5.31. The number of urea groups is 1. The van der Waals surface area contributed by atoms with Gasteiger partial charge >= 0.3 is 18.0 Å². The van der Waals surface area contributed by atoms with E-state index in [-0.39, 0.29) is 17.8 Å². The summed E-state index contributed by atoms with van der Waals surface area (Å²) in [6, 6.07) is 3.76. The fraction of sp³-hybridized carbons (Fsp3) is 0.182. The first-order valence-corrected chi connectivity index (χ1v) is 5.88. The van der Waals surface area contributed by atoms with Crippen LogP contribution in [0.3, 0.4) is 0 Å². The van der Waals surface area contributed by atoms with Gasteiger partial charge in [0.25, 0.3) is 0 Å². The first-order chi connectivity index (χ1) is 8.95. The molecule has 1 aromatic carbocycles. The van der Waals surface area contributed by atoms with E-state index in [1.807, 2.05) is 0 Å². The maximum atomic E-state index is 11.5. The zero-order valence-electron chi connectivity index (χ0n) is 9.90. The Balaban J connectivity index is 2.79. The van der Waals surface area contributed by atoms with Crippen molar-refractivity contribution < 1.29 is 24.2 Å². The lowest BCUT2D eigenvalue weighted by Gasteiger charge is -2.11. The molecule has 3 N–H and O–H groups in total. The number of aromatic carboxylic acids is 1. The van der Waals surface area contributed by atoms with Crippen LogP contribution in [0.4, 0.5) is 10.5 Å². The van der Waals surface area contributed by atoms with Crippen molar-refractivity contribution in [2.45, 2.75) is 0 Å². The summed E-state index contributed by atoms with van der Waals surface area (Å²) in [4.78, 5) is 33.4. The molecule has 0 heterocycles. The monoisotopic (exact) mass is 330 g/mol. The highest BCUT2D eigenvalue weighted by Gasteiger charge is 2.15. The fourth-order valence-corrected chi connectivity index (χ4v) is 1.68. The smallest absolute Gasteiger partial charge is 0.337 e. The number of hydrogen-bond acceptors (Lipinski definition) is 4. The summed E-state index contributed by atoms with van der Waals surface area (Å²) >= 11 is 3.14. The molecule has 0 aliphatic carbocycles. The molecule has 2 amide bonds. The Hall–Kier alpha value is -2.09. The number of nitrogens with one attached hydrogen (secondary N) is 2. The van der Waals surface area contributed by atoms with Crippen LogP contribution < -0.4 is 10.6 Å². The van der Waals surface area contributed by atoms with Gasteiger partial charge in [-0.25, -0.2) is 9.59 Å². The minimum absolute atomic E-state index is 0.0670. The summed E-state index contributed by atoms with van der Waals surface area (Å²) in [5.41, 5.74) is 0.0416. The predicted molar refractivity (Wildman–Crippen MR) is 70.1 cm³/mol. The third-order valence-electron chi connectivity index (χ3n) is 2.10. The Bertz CT molecular complexity index is 518. The van der Waals surface area contributed by atoms with E-state index in [4.69, 9.17) is 5.11 Å². The third-order valence-corrected chi connectivity index (χ3v) is 2.76. The van der Waals surface area contributed by atoms with E-state index in [1.54, 1.807) is 6.07 Å². The van der Waals surface area contributed by atoms with Crippen LogP contribution in [-0.4, -0.2) is 36.7 Å². The number of ether oxygens (including phenoxy) is 1. The summed E-state index contributed by atoms with van der Waals surface area (Å²) in [5.74, 6) is -1.79. The van der Waals surface area contributed by atoms with Crippen molar-refractivity contribution in [2.24, 2.45) is 0 Å². The van der Waals surface area contributed by atoms with Crippen molar-refractivity contribution in [2.75, 3.05) is 19.0 Å². The molecule has 102 valence electrons. The zero-order valence-corrected chi connectivity index (χ0v) is 11.5. The van der Waals surface area contributed by atoms with Gasteiger partial charge in [-0.2, -0.15) is 0 Å². The number of hydrogen-bond donors (Lipinski definition) is 3. The summed E-state index contributed by atoms with van der Waals surface area (Å²) < 4.78 is 4.77. The maximum absolute atomic E-state index is 11.5. The number of rotatable bonds is 4. The average Bonchev–Trinajstić information content (AvgIpc) is 2.38. The van der Waals surface area contributed by atoms with E-state index in [2.05, 4.69) is 31.3 Å². The summed E-state index contributed by atoms with van der Waals surface area (Å²) in [7, 11) is 1.19. The van der Waals surface area contributed by atoms with Gasteiger partial charge in [0.05, 0.1) is 18.4 Å². The second-order valence-electron chi connectivity index (χ2n) is 3.35. The predicted octanol–water partition coefficient (Wildman–Crippen LogP) is 1.44. The summed E-state index contributed by atoms with van der Waals surface area (Å²) in [6.07, 6.45) is 0. The number of anilines is 1. The molecule has 0 aliphatic rings. The SMILES string of the molecule is COC(=O)CNC(=O)Nc1c(Br)cccc1C(=O)O. The van der Waals surface area contributed by atoms with Crippen LogP contribution in [0.25, 0.3) is 0 Å². The van der Waals surface area contributed by atoms with E-state index in [0.29, 0.717) is 4.47 Å². The van der Waals surface area contributed by atoms with Gasteiger partial charge in [0, 0.05) is 4.47 Å². The van der Waals surface area contributed by atoms with Crippen molar-refractivity contribution >= 4 is 39.6 Å². The van der Waals surface area contributed by atoms with Gasteiger partial charge in [0.1, 0.15) is 6.54 Å². The largest absolute Gasteiger partial charge is 0.478 e. The minimum Gasteiger partial charge on any atom is -0.478 e. The number of carboxylic acid groups (broad SMARTS) is 1. The minimum atomic E-state index is -1.18. The Morgan fingerprint density at radius 1 is 1.37 bits per heavy atom. The molecule has 7 nitrogen and oxygen atoms in total. The Labute approximate surface area is 117 Å². The van der Waals surface area contributed by atoms with Crippen molar-refractivity contribution in [1.29, 1.82) is 0 Å². The molecule has 0 bridgehead atoms. The van der Waals surface area contributed by atoms with Crippen molar-refractivity contribution in [3.05, 3.63) is 28.2 Å². The molecule has 0 spiro atoms. The second-order valence-corrected chi connectivity index (χ2v) is 4.21. The van der Waals surface area contributed by atoms with Crippen LogP contribution in [0.5, 0.6) is 0 Å². The molecule has 1 aromatic rings. The molecule has 8 heteroatoms. The van der Waals surface area contributed by atoms with Gasteiger partial charge in [0.15, 0.2) is 0 Å². The number of para-hydroxylation sites is 1. The molecule has 0 aliphatic heterocycles. The molecule has 0 aromatic heterocycles. The number of halogens is 1. The average molecular weight is 331 g/mol. The number of esters is 1. The molecule has 0 radical (unpaired) electrons. The Morgan fingerprint density at radius 3 is 2.63 bits per heavy atom. The normalized spacial score (nSPS) is 9.58. The highest BCUT2D eigenvalue weighted by molar-refractivity contribution is 9.10. The van der Waals surface area contributed by atoms with Crippen LogP contribution in [0.1, 0.15) is 10.4 Å². The molecule has 0 saturated carbocycles. The van der Waals surface area contributed by atoms with E-state index in [1.165, 1.54) is 19.2 Å². The van der Waals surface area contributed by atoms with Crippen LogP contribution in [0.2, 0.25) is 0 Å². The molecule has 1 rings (SSSR count).